The van der Waals surface area contributed by atoms with Crippen LogP contribution in [-0.4, -0.2) is 16.4 Å². The number of benzene rings is 1. The summed E-state index contributed by atoms with van der Waals surface area (Å²) >= 11 is 7.91. The van der Waals surface area contributed by atoms with Gasteiger partial charge in [0, 0.05) is 34.4 Å². The molecule has 4 nitrogen and oxygen atoms in total. The van der Waals surface area contributed by atoms with E-state index in [1.807, 2.05) is 41.9 Å². The zero-order valence-corrected chi connectivity index (χ0v) is 16.1. The highest BCUT2D eigenvalue weighted by atomic mass is 35.5. The van der Waals surface area contributed by atoms with Gasteiger partial charge in [-0.05, 0) is 54.8 Å². The number of thiazole rings is 1. The first-order valence-electron chi connectivity index (χ1n) is 8.54. The van der Waals surface area contributed by atoms with Gasteiger partial charge >= 0.3 is 0 Å². The number of nitrogens with zero attached hydrogens (tertiary/aromatic N) is 2. The number of furan rings is 1. The van der Waals surface area contributed by atoms with Crippen LogP contribution in [-0.2, 0) is 6.54 Å². The molecule has 0 saturated carbocycles. The zero-order chi connectivity index (χ0) is 18.1. The van der Waals surface area contributed by atoms with Gasteiger partial charge in [-0.3, -0.25) is 4.90 Å². The van der Waals surface area contributed by atoms with Crippen LogP contribution in [0.1, 0.15) is 35.7 Å². The third-order valence-corrected chi connectivity index (χ3v) is 5.93. The summed E-state index contributed by atoms with van der Waals surface area (Å²) in [4.78, 5) is 7.01. The van der Waals surface area contributed by atoms with E-state index in [9.17, 15) is 0 Å². The number of nitrogen functional groups attached to an aromatic ring is 1. The standard InChI is InChI=1S/C20H20ClN3OS/c1-13-16(17-11-14(21)4-5-18(17)22)6-8-24(12-15-3-2-9-25-15)19(13)20-23-7-10-26-20/h2-5,7,9-11,19H,6,8,12,22H2,1H3. The van der Waals surface area contributed by atoms with Gasteiger partial charge in [0.05, 0.1) is 18.8 Å². The van der Waals surface area contributed by atoms with Gasteiger partial charge in [0.1, 0.15) is 10.8 Å². The molecule has 3 heterocycles. The molecular weight excluding hydrogens is 366 g/mol. The average molecular weight is 386 g/mol. The minimum absolute atomic E-state index is 0.113. The lowest BCUT2D eigenvalue weighted by Crippen LogP contribution is -2.34. The number of halogens is 1. The van der Waals surface area contributed by atoms with Crippen molar-refractivity contribution in [3.8, 4) is 0 Å². The summed E-state index contributed by atoms with van der Waals surface area (Å²) in [5, 5.41) is 3.82. The third-order valence-electron chi connectivity index (χ3n) is 4.87. The molecule has 4 rings (SSSR count). The lowest BCUT2D eigenvalue weighted by molar-refractivity contribution is 0.192. The first-order chi connectivity index (χ1) is 12.6. The Balaban J connectivity index is 1.76. The Kier molecular flexibility index (Phi) is 4.85. The largest absolute Gasteiger partial charge is 0.468 e. The molecule has 0 spiro atoms. The summed E-state index contributed by atoms with van der Waals surface area (Å²) in [5.41, 5.74) is 10.6. The second kappa shape index (κ2) is 7.27. The van der Waals surface area contributed by atoms with Crippen molar-refractivity contribution in [2.45, 2.75) is 25.9 Å². The maximum Gasteiger partial charge on any atom is 0.117 e. The van der Waals surface area contributed by atoms with Gasteiger partial charge in [0.15, 0.2) is 0 Å². The molecule has 0 bridgehead atoms. The SMILES string of the molecule is CC1=C(c2cc(Cl)ccc2N)CCN(Cc2ccco2)C1c1nccs1. The van der Waals surface area contributed by atoms with Crippen molar-refractivity contribution in [2.75, 3.05) is 12.3 Å². The number of rotatable bonds is 4. The number of hydrogen-bond acceptors (Lipinski definition) is 5. The van der Waals surface area contributed by atoms with Gasteiger partial charge in [-0.2, -0.15) is 0 Å². The molecule has 0 fully saturated rings. The second-order valence-corrected chi connectivity index (χ2v) is 7.83. The van der Waals surface area contributed by atoms with Crippen molar-refractivity contribution >= 4 is 34.2 Å². The summed E-state index contributed by atoms with van der Waals surface area (Å²) in [6, 6.07) is 9.74. The van der Waals surface area contributed by atoms with Crippen molar-refractivity contribution in [1.29, 1.82) is 0 Å². The topological polar surface area (TPSA) is 55.3 Å². The fraction of sp³-hybridized carbons (Fsp3) is 0.250. The highest BCUT2D eigenvalue weighted by molar-refractivity contribution is 7.09. The second-order valence-electron chi connectivity index (χ2n) is 6.47. The molecule has 0 amide bonds. The Hall–Kier alpha value is -2.08. The Morgan fingerprint density at radius 1 is 1.38 bits per heavy atom. The summed E-state index contributed by atoms with van der Waals surface area (Å²) in [7, 11) is 0. The highest BCUT2D eigenvalue weighted by Gasteiger charge is 2.31. The van der Waals surface area contributed by atoms with Crippen molar-refractivity contribution < 1.29 is 4.42 Å². The van der Waals surface area contributed by atoms with E-state index in [2.05, 4.69) is 16.8 Å². The van der Waals surface area contributed by atoms with Gasteiger partial charge in [0.25, 0.3) is 0 Å². The molecular formula is C20H20ClN3OS. The van der Waals surface area contributed by atoms with E-state index in [1.165, 1.54) is 11.1 Å². The van der Waals surface area contributed by atoms with E-state index in [0.29, 0.717) is 5.02 Å². The fourth-order valence-electron chi connectivity index (χ4n) is 3.64. The molecule has 1 unspecified atom stereocenters. The van der Waals surface area contributed by atoms with Crippen LogP contribution >= 0.6 is 22.9 Å². The molecule has 6 heteroatoms. The Morgan fingerprint density at radius 2 is 2.27 bits per heavy atom. The molecule has 0 aliphatic carbocycles. The number of anilines is 1. The number of hydrogen-bond donors (Lipinski definition) is 1. The molecule has 1 aromatic carbocycles. The predicted octanol–water partition coefficient (Wildman–Crippen LogP) is 5.39. The number of aromatic nitrogens is 1. The molecule has 2 N–H and O–H groups in total. The quantitative estimate of drug-likeness (QED) is 0.611. The maximum absolute atomic E-state index is 6.26. The Bertz CT molecular complexity index is 919. The van der Waals surface area contributed by atoms with Crippen molar-refractivity contribution in [1.82, 2.24) is 9.88 Å². The Labute approximate surface area is 161 Å². The van der Waals surface area contributed by atoms with Crippen LogP contribution in [0.2, 0.25) is 5.02 Å². The van der Waals surface area contributed by atoms with E-state index < -0.39 is 0 Å². The van der Waals surface area contributed by atoms with Crippen LogP contribution in [0.15, 0.2) is 58.2 Å². The van der Waals surface area contributed by atoms with E-state index in [0.717, 1.165) is 41.5 Å². The number of nitrogens with two attached hydrogens (primary N) is 1. The van der Waals surface area contributed by atoms with Crippen molar-refractivity contribution in [3.63, 3.8) is 0 Å². The van der Waals surface area contributed by atoms with Crippen molar-refractivity contribution in [3.05, 3.63) is 75.1 Å². The summed E-state index contributed by atoms with van der Waals surface area (Å²) in [5.74, 6) is 0.963. The average Bonchev–Trinajstić information content (AvgIpc) is 3.32. The van der Waals surface area contributed by atoms with E-state index in [1.54, 1.807) is 17.6 Å². The first-order valence-corrected chi connectivity index (χ1v) is 9.80. The Morgan fingerprint density at radius 3 is 3.00 bits per heavy atom. The normalized spacial score (nSPS) is 18.5. The molecule has 26 heavy (non-hydrogen) atoms. The van der Waals surface area contributed by atoms with Crippen LogP contribution in [0.25, 0.3) is 5.57 Å². The fourth-order valence-corrected chi connectivity index (χ4v) is 4.65. The van der Waals surface area contributed by atoms with Gasteiger partial charge in [-0.1, -0.05) is 11.6 Å². The minimum Gasteiger partial charge on any atom is -0.468 e. The molecule has 0 saturated heterocycles. The predicted molar refractivity (Wildman–Crippen MR) is 107 cm³/mol. The minimum atomic E-state index is 0.113. The van der Waals surface area contributed by atoms with Crippen LogP contribution in [0, 0.1) is 0 Å². The monoisotopic (exact) mass is 385 g/mol. The third kappa shape index (κ3) is 3.30. The van der Waals surface area contributed by atoms with E-state index in [4.69, 9.17) is 21.8 Å². The summed E-state index contributed by atoms with van der Waals surface area (Å²) < 4.78 is 5.57. The van der Waals surface area contributed by atoms with Crippen LogP contribution in [0.4, 0.5) is 5.69 Å². The highest BCUT2D eigenvalue weighted by Crippen LogP contribution is 2.42. The molecule has 3 aromatic rings. The maximum atomic E-state index is 6.26. The summed E-state index contributed by atoms with van der Waals surface area (Å²) in [6.07, 6.45) is 4.50. The van der Waals surface area contributed by atoms with E-state index in [-0.39, 0.29) is 6.04 Å². The van der Waals surface area contributed by atoms with E-state index >= 15 is 0 Å². The van der Waals surface area contributed by atoms with Gasteiger partial charge in [0.2, 0.25) is 0 Å². The smallest absolute Gasteiger partial charge is 0.117 e. The molecule has 1 aliphatic rings. The van der Waals surface area contributed by atoms with Crippen LogP contribution in [0.5, 0.6) is 0 Å². The van der Waals surface area contributed by atoms with Gasteiger partial charge in [-0.25, -0.2) is 4.98 Å². The molecule has 1 atom stereocenters. The zero-order valence-electron chi connectivity index (χ0n) is 14.5. The molecule has 0 radical (unpaired) electrons. The van der Waals surface area contributed by atoms with Crippen LogP contribution in [0.3, 0.4) is 0 Å². The lowest BCUT2D eigenvalue weighted by atomic mass is 9.88. The van der Waals surface area contributed by atoms with Gasteiger partial charge < -0.3 is 10.2 Å². The van der Waals surface area contributed by atoms with Crippen molar-refractivity contribution in [2.24, 2.45) is 0 Å². The summed E-state index contributed by atoms with van der Waals surface area (Å²) in [6.45, 7) is 3.84. The first kappa shape index (κ1) is 17.3. The molecule has 134 valence electrons. The lowest BCUT2D eigenvalue weighted by Gasteiger charge is -2.36. The molecule has 2 aromatic heterocycles. The van der Waals surface area contributed by atoms with Crippen LogP contribution < -0.4 is 5.73 Å². The van der Waals surface area contributed by atoms with Gasteiger partial charge in [-0.15, -0.1) is 11.3 Å². The molecule has 1 aliphatic heterocycles.